The summed E-state index contributed by atoms with van der Waals surface area (Å²) in [5.74, 6) is 0. The van der Waals surface area contributed by atoms with Crippen LogP contribution in [0, 0.1) is 0 Å². The smallest absolute Gasteiger partial charge is 0.0601 e. The molecule has 1 nitrogen and oxygen atoms in total. The molecule has 0 unspecified atom stereocenters. The second kappa shape index (κ2) is 5.54. The maximum atomic E-state index is 2.36. The van der Waals surface area contributed by atoms with Crippen LogP contribution < -0.4 is 4.90 Å². The lowest BCUT2D eigenvalue weighted by molar-refractivity contribution is 1.13. The molecule has 0 aromatic heterocycles. The van der Waals surface area contributed by atoms with Crippen molar-refractivity contribution < 1.29 is 0 Å². The van der Waals surface area contributed by atoms with Gasteiger partial charge in [0.05, 0.1) is 11.4 Å². The Labute approximate surface area is 135 Å². The number of rotatable bonds is 2. The molecular formula is C20H17NS. The first kappa shape index (κ1) is 13.5. The monoisotopic (exact) mass is 303 g/mol. The largest absolute Gasteiger partial charge is 0.308 e. The van der Waals surface area contributed by atoms with Gasteiger partial charge in [-0.15, -0.1) is 0 Å². The van der Waals surface area contributed by atoms with E-state index in [0.29, 0.717) is 0 Å². The van der Waals surface area contributed by atoms with Gasteiger partial charge in [0.15, 0.2) is 0 Å². The number of nitrogens with zero attached hydrogens (tertiary/aromatic N) is 1. The molecule has 1 heterocycles. The number of aryl methyl sites for hydroxylation is 1. The minimum absolute atomic E-state index is 1.07. The van der Waals surface area contributed by atoms with Crippen LogP contribution in [0.1, 0.15) is 12.5 Å². The quantitative estimate of drug-likeness (QED) is 0.435. The van der Waals surface area contributed by atoms with Crippen LogP contribution in [0.4, 0.5) is 17.1 Å². The second-order valence-corrected chi connectivity index (χ2v) is 6.48. The summed E-state index contributed by atoms with van der Waals surface area (Å²) in [6.45, 7) is 2.19. The predicted molar refractivity (Wildman–Crippen MR) is 94.6 cm³/mol. The zero-order valence-corrected chi connectivity index (χ0v) is 13.3. The molecule has 0 fully saturated rings. The second-order valence-electron chi connectivity index (χ2n) is 5.39. The highest BCUT2D eigenvalue weighted by Crippen LogP contribution is 2.50. The third-order valence-corrected chi connectivity index (χ3v) is 5.17. The van der Waals surface area contributed by atoms with Crippen molar-refractivity contribution in [3.63, 3.8) is 0 Å². The summed E-state index contributed by atoms with van der Waals surface area (Å²) in [4.78, 5) is 4.97. The van der Waals surface area contributed by atoms with E-state index < -0.39 is 0 Å². The van der Waals surface area contributed by atoms with E-state index in [9.17, 15) is 0 Å². The SMILES string of the molecule is CCc1ccc(N2c3ccccc3Sc3ccccc32)cc1. The molecule has 0 N–H and O–H groups in total. The van der Waals surface area contributed by atoms with E-state index in [4.69, 9.17) is 0 Å². The standard InChI is InChI=1S/C20H17NS/c1-2-15-11-13-16(14-12-15)21-17-7-3-5-9-19(17)22-20-10-6-4-8-18(20)21/h3-14H,2H2,1H3. The van der Waals surface area contributed by atoms with Crippen LogP contribution >= 0.6 is 11.8 Å². The summed E-state index contributed by atoms with van der Waals surface area (Å²) in [5.41, 5.74) is 5.11. The van der Waals surface area contributed by atoms with Gasteiger partial charge in [-0.1, -0.05) is 55.1 Å². The van der Waals surface area contributed by atoms with Crippen molar-refractivity contribution in [3.8, 4) is 0 Å². The van der Waals surface area contributed by atoms with Crippen LogP contribution in [0.15, 0.2) is 82.6 Å². The highest BCUT2D eigenvalue weighted by Gasteiger charge is 2.23. The summed E-state index contributed by atoms with van der Waals surface area (Å²) >= 11 is 1.85. The Morgan fingerprint density at radius 1 is 0.727 bits per heavy atom. The molecule has 0 saturated heterocycles. The normalized spacial score (nSPS) is 12.7. The molecule has 0 bridgehead atoms. The molecule has 0 amide bonds. The molecule has 0 atom stereocenters. The van der Waals surface area contributed by atoms with Crippen LogP contribution in [-0.2, 0) is 6.42 Å². The number of fused-ring (bicyclic) bond motifs is 2. The summed E-state index contributed by atoms with van der Waals surface area (Å²) in [5, 5.41) is 0. The van der Waals surface area contributed by atoms with Crippen molar-refractivity contribution in [1.29, 1.82) is 0 Å². The van der Waals surface area contributed by atoms with Gasteiger partial charge in [0.1, 0.15) is 0 Å². The molecule has 3 aromatic rings. The van der Waals surface area contributed by atoms with Crippen LogP contribution in [0.25, 0.3) is 0 Å². The van der Waals surface area contributed by atoms with Gasteiger partial charge in [-0.3, -0.25) is 0 Å². The van der Waals surface area contributed by atoms with Crippen LogP contribution in [0.3, 0.4) is 0 Å². The zero-order valence-electron chi connectivity index (χ0n) is 12.5. The van der Waals surface area contributed by atoms with Crippen molar-refractivity contribution in [1.82, 2.24) is 0 Å². The molecule has 3 aromatic carbocycles. The Morgan fingerprint density at radius 3 is 1.82 bits per heavy atom. The fourth-order valence-corrected chi connectivity index (χ4v) is 3.92. The summed E-state index contributed by atoms with van der Waals surface area (Å²) in [6, 6.07) is 26.1. The van der Waals surface area contributed by atoms with Crippen molar-refractivity contribution in [2.24, 2.45) is 0 Å². The first-order valence-electron chi connectivity index (χ1n) is 7.62. The first-order valence-corrected chi connectivity index (χ1v) is 8.43. The van der Waals surface area contributed by atoms with E-state index in [1.54, 1.807) is 0 Å². The highest BCUT2D eigenvalue weighted by atomic mass is 32.2. The Kier molecular flexibility index (Phi) is 3.39. The molecule has 0 saturated carbocycles. The van der Waals surface area contributed by atoms with E-state index in [0.717, 1.165) is 6.42 Å². The maximum Gasteiger partial charge on any atom is 0.0601 e. The topological polar surface area (TPSA) is 3.24 Å². The number of anilines is 3. The molecule has 4 rings (SSSR count). The molecule has 0 radical (unpaired) electrons. The van der Waals surface area contributed by atoms with Gasteiger partial charge in [0.25, 0.3) is 0 Å². The third kappa shape index (κ3) is 2.20. The van der Waals surface area contributed by atoms with Gasteiger partial charge in [0, 0.05) is 15.5 Å². The van der Waals surface area contributed by atoms with Crippen molar-refractivity contribution in [2.45, 2.75) is 23.1 Å². The van der Waals surface area contributed by atoms with Gasteiger partial charge < -0.3 is 4.90 Å². The van der Waals surface area contributed by atoms with Gasteiger partial charge >= 0.3 is 0 Å². The van der Waals surface area contributed by atoms with E-state index >= 15 is 0 Å². The Hall–Kier alpha value is -2.19. The Morgan fingerprint density at radius 2 is 1.27 bits per heavy atom. The van der Waals surface area contributed by atoms with Gasteiger partial charge in [-0.05, 0) is 48.4 Å². The Bertz CT molecular complexity index is 762. The van der Waals surface area contributed by atoms with Crippen LogP contribution in [0.2, 0.25) is 0 Å². The number of benzene rings is 3. The van der Waals surface area contributed by atoms with E-state index in [-0.39, 0.29) is 0 Å². The van der Waals surface area contributed by atoms with E-state index in [2.05, 4.69) is 84.6 Å². The average Bonchev–Trinajstić information content (AvgIpc) is 2.60. The van der Waals surface area contributed by atoms with Crippen molar-refractivity contribution in [3.05, 3.63) is 78.4 Å². The summed E-state index contributed by atoms with van der Waals surface area (Å²) < 4.78 is 0. The Balaban J connectivity index is 1.90. The van der Waals surface area contributed by atoms with Crippen LogP contribution in [0.5, 0.6) is 0 Å². The third-order valence-electron chi connectivity index (χ3n) is 4.04. The summed E-state index contributed by atoms with van der Waals surface area (Å²) in [6.07, 6.45) is 1.07. The minimum Gasteiger partial charge on any atom is -0.308 e. The van der Waals surface area contributed by atoms with Crippen molar-refractivity contribution >= 4 is 28.8 Å². The van der Waals surface area contributed by atoms with Gasteiger partial charge in [-0.25, -0.2) is 0 Å². The predicted octanol–water partition coefficient (Wildman–Crippen LogP) is 6.18. The molecule has 2 heteroatoms. The van der Waals surface area contributed by atoms with Crippen LogP contribution in [-0.4, -0.2) is 0 Å². The number of hydrogen-bond acceptors (Lipinski definition) is 2. The molecule has 0 aliphatic carbocycles. The van der Waals surface area contributed by atoms with E-state index in [1.165, 1.54) is 32.4 Å². The van der Waals surface area contributed by atoms with Gasteiger partial charge in [0.2, 0.25) is 0 Å². The average molecular weight is 303 g/mol. The lowest BCUT2D eigenvalue weighted by Crippen LogP contribution is -2.14. The van der Waals surface area contributed by atoms with Gasteiger partial charge in [-0.2, -0.15) is 0 Å². The molecular weight excluding hydrogens is 286 g/mol. The number of hydrogen-bond donors (Lipinski definition) is 0. The molecule has 1 aliphatic heterocycles. The number of para-hydroxylation sites is 2. The summed E-state index contributed by atoms with van der Waals surface area (Å²) in [7, 11) is 0. The lowest BCUT2D eigenvalue weighted by Gasteiger charge is -2.32. The van der Waals surface area contributed by atoms with Crippen molar-refractivity contribution in [2.75, 3.05) is 4.90 Å². The maximum absolute atomic E-state index is 2.36. The van der Waals surface area contributed by atoms with E-state index in [1.807, 2.05) is 11.8 Å². The minimum atomic E-state index is 1.07. The fraction of sp³-hybridized carbons (Fsp3) is 0.100. The molecule has 1 aliphatic rings. The molecule has 22 heavy (non-hydrogen) atoms. The first-order chi connectivity index (χ1) is 10.9. The lowest BCUT2D eigenvalue weighted by atomic mass is 10.1. The molecule has 108 valence electrons. The fourth-order valence-electron chi connectivity index (χ4n) is 2.86. The zero-order chi connectivity index (χ0) is 14.9. The highest BCUT2D eigenvalue weighted by molar-refractivity contribution is 7.99. The molecule has 0 spiro atoms.